The van der Waals surface area contributed by atoms with Crippen LogP contribution in [0.5, 0.6) is 0 Å². The molecule has 0 rings (SSSR count). The molecule has 0 heteroatoms. The van der Waals surface area contributed by atoms with Crippen molar-refractivity contribution in [3.8, 4) is 0 Å². The smallest absolute Gasteiger partial charge is 0.0251 e. The lowest BCUT2D eigenvalue weighted by Gasteiger charge is -2.41. The zero-order valence-electron chi connectivity index (χ0n) is 9.48. The maximum Gasteiger partial charge on any atom is -0.0251 e. The summed E-state index contributed by atoms with van der Waals surface area (Å²) in [5, 5.41) is 0. The van der Waals surface area contributed by atoms with E-state index in [1.54, 1.807) is 0 Å². The van der Waals surface area contributed by atoms with Crippen LogP contribution < -0.4 is 0 Å². The first-order valence-electron chi connectivity index (χ1n) is 5.38. The second-order valence-electron chi connectivity index (χ2n) is 4.15. The van der Waals surface area contributed by atoms with E-state index in [1.165, 1.54) is 19.3 Å². The molecule has 0 N–H and O–H groups in total. The van der Waals surface area contributed by atoms with E-state index in [0.29, 0.717) is 11.3 Å². The van der Waals surface area contributed by atoms with Crippen LogP contribution in [0.25, 0.3) is 0 Å². The molecule has 0 aliphatic heterocycles. The van der Waals surface area contributed by atoms with Crippen molar-refractivity contribution in [2.45, 2.75) is 53.9 Å². The largest absolute Gasteiger partial charge is 0.0651 e. The SMILES string of the molecule is [CH2]C(C)C(CC)(CC)C(C)CC. The quantitative estimate of drug-likeness (QED) is 0.575. The van der Waals surface area contributed by atoms with Crippen LogP contribution in [0.3, 0.4) is 0 Å². The Morgan fingerprint density at radius 3 is 1.58 bits per heavy atom. The van der Waals surface area contributed by atoms with Gasteiger partial charge in [0.1, 0.15) is 0 Å². The lowest BCUT2D eigenvalue weighted by Crippen LogP contribution is -2.33. The highest BCUT2D eigenvalue weighted by Gasteiger charge is 2.34. The Bertz CT molecular complexity index is 109. The van der Waals surface area contributed by atoms with Gasteiger partial charge in [-0.05, 0) is 37.0 Å². The van der Waals surface area contributed by atoms with E-state index < -0.39 is 0 Å². The monoisotopic (exact) mass is 169 g/mol. The Morgan fingerprint density at radius 2 is 1.50 bits per heavy atom. The third kappa shape index (κ3) is 2.02. The topological polar surface area (TPSA) is 0 Å². The summed E-state index contributed by atoms with van der Waals surface area (Å²) in [5.41, 5.74) is 0.481. The average molecular weight is 169 g/mol. The third-order valence-corrected chi connectivity index (χ3v) is 3.89. The van der Waals surface area contributed by atoms with Crippen molar-refractivity contribution in [2.75, 3.05) is 0 Å². The van der Waals surface area contributed by atoms with Gasteiger partial charge in [-0.15, -0.1) is 0 Å². The summed E-state index contributed by atoms with van der Waals surface area (Å²) < 4.78 is 0. The predicted molar refractivity (Wildman–Crippen MR) is 57.0 cm³/mol. The molecule has 2 atom stereocenters. The molecule has 0 aromatic rings. The summed E-state index contributed by atoms with van der Waals surface area (Å²) in [6.45, 7) is 15.7. The van der Waals surface area contributed by atoms with Crippen molar-refractivity contribution >= 4 is 0 Å². The van der Waals surface area contributed by atoms with E-state index in [2.05, 4.69) is 41.5 Å². The van der Waals surface area contributed by atoms with Crippen molar-refractivity contribution in [3.63, 3.8) is 0 Å². The van der Waals surface area contributed by atoms with Gasteiger partial charge < -0.3 is 0 Å². The van der Waals surface area contributed by atoms with Gasteiger partial charge in [0.25, 0.3) is 0 Å². The molecule has 0 aliphatic rings. The second-order valence-corrected chi connectivity index (χ2v) is 4.15. The minimum atomic E-state index is 0.481. The molecule has 0 saturated carbocycles. The molecule has 0 heterocycles. The summed E-state index contributed by atoms with van der Waals surface area (Å²) in [7, 11) is 0. The molecule has 0 nitrogen and oxygen atoms in total. The highest BCUT2D eigenvalue weighted by atomic mass is 14.4. The molecule has 0 aromatic heterocycles. The number of rotatable bonds is 5. The predicted octanol–water partition coefficient (Wildman–Crippen LogP) is 4.31. The van der Waals surface area contributed by atoms with Gasteiger partial charge in [-0.2, -0.15) is 0 Å². The lowest BCUT2D eigenvalue weighted by atomic mass is 9.64. The van der Waals surface area contributed by atoms with Crippen LogP contribution in [0, 0.1) is 24.2 Å². The van der Waals surface area contributed by atoms with Crippen LogP contribution >= 0.6 is 0 Å². The van der Waals surface area contributed by atoms with E-state index in [-0.39, 0.29) is 0 Å². The van der Waals surface area contributed by atoms with Crippen molar-refractivity contribution in [1.82, 2.24) is 0 Å². The molecule has 0 aromatic carbocycles. The van der Waals surface area contributed by atoms with E-state index in [9.17, 15) is 0 Å². The summed E-state index contributed by atoms with van der Waals surface area (Å²) in [6, 6.07) is 0. The molecule has 0 fully saturated rings. The maximum absolute atomic E-state index is 4.22. The van der Waals surface area contributed by atoms with Gasteiger partial charge in [-0.25, -0.2) is 0 Å². The molecular formula is C12H25. The van der Waals surface area contributed by atoms with Crippen LogP contribution in [0.4, 0.5) is 0 Å². The van der Waals surface area contributed by atoms with Crippen LogP contribution in [-0.2, 0) is 0 Å². The summed E-state index contributed by atoms with van der Waals surface area (Å²) in [6.07, 6.45) is 3.81. The fourth-order valence-electron chi connectivity index (χ4n) is 2.54. The Kier molecular flexibility index (Phi) is 4.89. The van der Waals surface area contributed by atoms with Gasteiger partial charge in [-0.3, -0.25) is 0 Å². The zero-order valence-corrected chi connectivity index (χ0v) is 9.48. The Labute approximate surface area is 78.8 Å². The Morgan fingerprint density at radius 1 is 1.08 bits per heavy atom. The minimum Gasteiger partial charge on any atom is -0.0651 e. The van der Waals surface area contributed by atoms with Crippen LogP contribution in [0.2, 0.25) is 0 Å². The summed E-state index contributed by atoms with van der Waals surface area (Å²) >= 11 is 0. The van der Waals surface area contributed by atoms with Gasteiger partial charge in [-0.1, -0.05) is 41.0 Å². The standard InChI is InChI=1S/C12H25/c1-7-11(6)12(8-2,9-3)10(4)5/h10-11H,4,7-9H2,1-3,5-6H3. The molecule has 73 valence electrons. The number of hydrogen-bond acceptors (Lipinski definition) is 0. The van der Waals surface area contributed by atoms with Gasteiger partial charge in [0.05, 0.1) is 0 Å². The van der Waals surface area contributed by atoms with E-state index in [0.717, 1.165) is 5.92 Å². The highest BCUT2D eigenvalue weighted by Crippen LogP contribution is 2.43. The molecular weight excluding hydrogens is 144 g/mol. The molecule has 2 unspecified atom stereocenters. The van der Waals surface area contributed by atoms with Crippen molar-refractivity contribution in [2.24, 2.45) is 17.3 Å². The average Bonchev–Trinajstić information content (AvgIpc) is 2.06. The molecule has 0 bridgehead atoms. The Hall–Kier alpha value is 0. The summed E-state index contributed by atoms with van der Waals surface area (Å²) in [5.74, 6) is 1.38. The number of hydrogen-bond donors (Lipinski definition) is 0. The van der Waals surface area contributed by atoms with E-state index >= 15 is 0 Å². The van der Waals surface area contributed by atoms with E-state index in [1.807, 2.05) is 0 Å². The first-order valence-corrected chi connectivity index (χ1v) is 5.38. The van der Waals surface area contributed by atoms with Crippen LogP contribution in [0.1, 0.15) is 53.9 Å². The van der Waals surface area contributed by atoms with Crippen molar-refractivity contribution in [3.05, 3.63) is 6.92 Å². The van der Waals surface area contributed by atoms with Gasteiger partial charge in [0, 0.05) is 0 Å². The first kappa shape index (κ1) is 12.0. The fraction of sp³-hybridized carbons (Fsp3) is 0.917. The van der Waals surface area contributed by atoms with Crippen molar-refractivity contribution in [1.29, 1.82) is 0 Å². The Balaban J connectivity index is 4.56. The zero-order chi connectivity index (χ0) is 9.78. The summed E-state index contributed by atoms with van der Waals surface area (Å²) in [4.78, 5) is 0. The highest BCUT2D eigenvalue weighted by molar-refractivity contribution is 4.87. The van der Waals surface area contributed by atoms with Gasteiger partial charge >= 0.3 is 0 Å². The molecule has 1 radical (unpaired) electrons. The first-order chi connectivity index (χ1) is 5.55. The van der Waals surface area contributed by atoms with Crippen LogP contribution in [0.15, 0.2) is 0 Å². The van der Waals surface area contributed by atoms with Gasteiger partial charge in [0.2, 0.25) is 0 Å². The fourth-order valence-corrected chi connectivity index (χ4v) is 2.54. The minimum absolute atomic E-state index is 0.481. The van der Waals surface area contributed by atoms with Crippen molar-refractivity contribution < 1.29 is 0 Å². The van der Waals surface area contributed by atoms with Gasteiger partial charge in [0.15, 0.2) is 0 Å². The molecule has 0 aliphatic carbocycles. The molecule has 12 heavy (non-hydrogen) atoms. The normalized spacial score (nSPS) is 15.2. The van der Waals surface area contributed by atoms with E-state index in [4.69, 9.17) is 0 Å². The van der Waals surface area contributed by atoms with Crippen LogP contribution in [-0.4, -0.2) is 0 Å². The third-order valence-electron chi connectivity index (χ3n) is 3.89. The lowest BCUT2D eigenvalue weighted by molar-refractivity contribution is 0.0990. The molecule has 0 amide bonds. The molecule has 0 spiro atoms. The second kappa shape index (κ2) is 4.89. The molecule has 0 saturated heterocycles. The maximum atomic E-state index is 4.22.